The van der Waals surface area contributed by atoms with Crippen LogP contribution in [0.1, 0.15) is 45.5 Å². The third kappa shape index (κ3) is 5.47. The fourth-order valence-corrected chi connectivity index (χ4v) is 4.45. The van der Waals surface area contributed by atoms with Crippen molar-refractivity contribution in [2.45, 2.75) is 25.9 Å². The molecule has 0 fully saturated rings. The van der Waals surface area contributed by atoms with Gasteiger partial charge in [0.05, 0.1) is 23.1 Å². The number of nitrogens with two attached hydrogens (primary N) is 1. The minimum Gasteiger partial charge on any atom is -0.383 e. The van der Waals surface area contributed by atoms with E-state index < -0.39 is 0 Å². The molecule has 3 heterocycles. The molecule has 0 saturated carbocycles. The molecule has 4 rings (SSSR count). The number of nitrogen functional groups attached to an aromatic ring is 1. The molecule has 4 aromatic rings. The summed E-state index contributed by atoms with van der Waals surface area (Å²) in [5, 5.41) is 11.8. The normalized spacial score (nSPS) is 12.9. The lowest BCUT2D eigenvalue weighted by atomic mass is 10.1. The van der Waals surface area contributed by atoms with Crippen LogP contribution in [0.2, 0.25) is 0 Å². The van der Waals surface area contributed by atoms with Gasteiger partial charge in [0, 0.05) is 24.9 Å². The average molecular weight is 497 g/mol. The molecule has 0 aliphatic heterocycles. The van der Waals surface area contributed by atoms with E-state index in [4.69, 9.17) is 10.5 Å². The summed E-state index contributed by atoms with van der Waals surface area (Å²) in [6.07, 6.45) is 1.71. The molecule has 0 spiro atoms. The van der Waals surface area contributed by atoms with Gasteiger partial charge in [-0.25, -0.2) is 8.91 Å². The third-order valence-corrected chi connectivity index (χ3v) is 6.29. The second kappa shape index (κ2) is 10.2. The number of fused-ring (bicyclic) bond motifs is 1. The van der Waals surface area contributed by atoms with Crippen LogP contribution in [0.4, 0.5) is 10.3 Å². The second-order valence-corrected chi connectivity index (χ2v) is 9.07. The highest BCUT2D eigenvalue weighted by Gasteiger charge is 2.20. The molecule has 0 aliphatic rings. The first-order valence-corrected chi connectivity index (χ1v) is 11.7. The lowest BCUT2D eigenvalue weighted by molar-refractivity contribution is 0.0905. The van der Waals surface area contributed by atoms with Crippen LogP contribution in [0.15, 0.2) is 48.0 Å². The van der Waals surface area contributed by atoms with Crippen LogP contribution in [-0.4, -0.2) is 46.2 Å². The van der Waals surface area contributed by atoms with E-state index in [1.807, 2.05) is 19.2 Å². The zero-order chi connectivity index (χ0) is 25.1. The number of rotatable bonds is 8. The number of anilines is 1. The van der Waals surface area contributed by atoms with Gasteiger partial charge in [0.1, 0.15) is 5.82 Å². The first kappa shape index (κ1) is 24.3. The fourth-order valence-electron chi connectivity index (χ4n) is 3.63. The topological polar surface area (TPSA) is 124 Å². The number of nitrogens with zero attached hydrogens (tertiary/aromatic N) is 3. The van der Waals surface area contributed by atoms with Crippen LogP contribution in [0.3, 0.4) is 0 Å². The Hall–Kier alpha value is -3.83. The van der Waals surface area contributed by atoms with Crippen LogP contribution >= 0.6 is 11.3 Å². The smallest absolute Gasteiger partial charge is 0.261 e. The SMILES string of the molecule is COC[C@H](C)NC(=O)c1cc(-c2csc(C(=O)N[C@@H](C)c3ccc(F)cc3)c2)cn2nc(N)nc12. The molecule has 4 N–H and O–H groups in total. The minimum absolute atomic E-state index is 0.0429. The summed E-state index contributed by atoms with van der Waals surface area (Å²) < 4.78 is 19.7. The Kier molecular flexibility index (Phi) is 7.08. The van der Waals surface area contributed by atoms with Gasteiger partial charge in [-0.05, 0) is 54.6 Å². The van der Waals surface area contributed by atoms with Gasteiger partial charge >= 0.3 is 0 Å². The molecular weight excluding hydrogens is 471 g/mol. The molecule has 0 radical (unpaired) electrons. The molecule has 182 valence electrons. The fraction of sp³-hybridized carbons (Fsp3) is 0.250. The van der Waals surface area contributed by atoms with Crippen molar-refractivity contribution in [3.8, 4) is 11.1 Å². The highest BCUT2D eigenvalue weighted by molar-refractivity contribution is 7.12. The molecule has 0 saturated heterocycles. The van der Waals surface area contributed by atoms with Crippen molar-refractivity contribution < 1.29 is 18.7 Å². The van der Waals surface area contributed by atoms with Gasteiger partial charge in [-0.1, -0.05) is 12.1 Å². The molecule has 2 atom stereocenters. The number of methoxy groups -OCH3 is 1. The molecule has 3 aromatic heterocycles. The van der Waals surface area contributed by atoms with Gasteiger partial charge in [-0.2, -0.15) is 4.98 Å². The van der Waals surface area contributed by atoms with E-state index in [2.05, 4.69) is 20.7 Å². The van der Waals surface area contributed by atoms with Crippen molar-refractivity contribution in [3.63, 3.8) is 0 Å². The van der Waals surface area contributed by atoms with Crippen LogP contribution in [-0.2, 0) is 4.74 Å². The number of hydrogen-bond acceptors (Lipinski definition) is 7. The number of carbonyl (C=O) groups is 2. The number of halogens is 1. The van der Waals surface area contributed by atoms with E-state index in [0.29, 0.717) is 28.3 Å². The zero-order valence-corrected chi connectivity index (χ0v) is 20.2. The van der Waals surface area contributed by atoms with Gasteiger partial charge in [-0.3, -0.25) is 9.59 Å². The lowest BCUT2D eigenvalue weighted by Crippen LogP contribution is -2.35. The van der Waals surface area contributed by atoms with E-state index in [-0.39, 0.29) is 35.7 Å². The van der Waals surface area contributed by atoms with Crippen molar-refractivity contribution in [1.29, 1.82) is 0 Å². The predicted molar refractivity (Wildman–Crippen MR) is 132 cm³/mol. The molecule has 0 aliphatic carbocycles. The van der Waals surface area contributed by atoms with E-state index in [1.165, 1.54) is 28.0 Å². The van der Waals surface area contributed by atoms with Crippen molar-refractivity contribution in [2.75, 3.05) is 19.5 Å². The quantitative estimate of drug-likeness (QED) is 0.343. The summed E-state index contributed by atoms with van der Waals surface area (Å²) in [4.78, 5) is 30.4. The average Bonchev–Trinajstić information content (AvgIpc) is 3.45. The molecule has 2 amide bonds. The van der Waals surface area contributed by atoms with E-state index in [9.17, 15) is 14.0 Å². The maximum absolute atomic E-state index is 13.2. The monoisotopic (exact) mass is 496 g/mol. The van der Waals surface area contributed by atoms with Gasteiger partial charge in [-0.15, -0.1) is 16.4 Å². The third-order valence-electron chi connectivity index (χ3n) is 5.36. The number of aromatic nitrogens is 3. The van der Waals surface area contributed by atoms with Crippen molar-refractivity contribution in [1.82, 2.24) is 25.2 Å². The van der Waals surface area contributed by atoms with Gasteiger partial charge < -0.3 is 21.1 Å². The highest BCUT2D eigenvalue weighted by atomic mass is 32.1. The Morgan fingerprint density at radius 1 is 1.14 bits per heavy atom. The Morgan fingerprint density at radius 2 is 1.89 bits per heavy atom. The number of nitrogens with one attached hydrogen (secondary N) is 2. The Balaban J connectivity index is 1.59. The summed E-state index contributed by atoms with van der Waals surface area (Å²) in [5.74, 6) is -0.880. The number of amides is 2. The standard InChI is InChI=1S/C24H25FN6O3S/c1-13(11-34-3)27-22(32)19-8-16(10-31-21(19)29-24(26)30-31)17-9-20(35-12-17)23(33)28-14(2)15-4-6-18(25)7-5-15/h4-10,12-14H,11H2,1-3H3,(H2,26,30)(H,27,32)(H,28,33)/t13-,14-/m0/s1. The van der Waals surface area contributed by atoms with Gasteiger partial charge in [0.25, 0.3) is 11.8 Å². The minimum atomic E-state index is -0.338. The second-order valence-electron chi connectivity index (χ2n) is 8.16. The first-order valence-electron chi connectivity index (χ1n) is 10.9. The lowest BCUT2D eigenvalue weighted by Gasteiger charge is -2.14. The summed E-state index contributed by atoms with van der Waals surface area (Å²) in [7, 11) is 1.56. The first-order chi connectivity index (χ1) is 16.7. The van der Waals surface area contributed by atoms with E-state index in [1.54, 1.807) is 37.6 Å². The zero-order valence-electron chi connectivity index (χ0n) is 19.4. The molecule has 0 bridgehead atoms. The largest absolute Gasteiger partial charge is 0.383 e. The summed E-state index contributed by atoms with van der Waals surface area (Å²) in [6, 6.07) is 8.93. The molecule has 35 heavy (non-hydrogen) atoms. The number of hydrogen-bond donors (Lipinski definition) is 3. The molecule has 0 unspecified atom stereocenters. The van der Waals surface area contributed by atoms with Crippen LogP contribution in [0, 0.1) is 5.82 Å². The number of pyridine rings is 1. The maximum atomic E-state index is 13.2. The van der Waals surface area contributed by atoms with E-state index >= 15 is 0 Å². The van der Waals surface area contributed by atoms with Gasteiger partial charge in [0.15, 0.2) is 5.65 Å². The Bertz CT molecular complexity index is 1370. The number of ether oxygens (including phenoxy) is 1. The van der Waals surface area contributed by atoms with Crippen LogP contribution < -0.4 is 16.4 Å². The summed E-state index contributed by atoms with van der Waals surface area (Å²) in [6.45, 7) is 4.02. The Morgan fingerprint density at radius 3 is 2.60 bits per heavy atom. The van der Waals surface area contributed by atoms with Crippen LogP contribution in [0.25, 0.3) is 16.8 Å². The summed E-state index contributed by atoms with van der Waals surface area (Å²) in [5.41, 5.74) is 8.62. The van der Waals surface area contributed by atoms with Crippen molar-refractivity contribution >= 4 is 34.7 Å². The number of carbonyl (C=O) groups excluding carboxylic acids is 2. The summed E-state index contributed by atoms with van der Waals surface area (Å²) >= 11 is 1.28. The predicted octanol–water partition coefficient (Wildman–Crippen LogP) is 3.43. The highest BCUT2D eigenvalue weighted by Crippen LogP contribution is 2.28. The van der Waals surface area contributed by atoms with Crippen molar-refractivity contribution in [3.05, 3.63) is 69.8 Å². The van der Waals surface area contributed by atoms with Crippen LogP contribution in [0.5, 0.6) is 0 Å². The molecule has 9 nitrogen and oxygen atoms in total. The van der Waals surface area contributed by atoms with Gasteiger partial charge in [0.2, 0.25) is 5.95 Å². The maximum Gasteiger partial charge on any atom is 0.261 e. The Labute approximate surface area is 205 Å². The molecule has 1 aromatic carbocycles. The number of thiophene rings is 1. The van der Waals surface area contributed by atoms with Crippen molar-refractivity contribution in [2.24, 2.45) is 0 Å². The molecular formula is C24H25FN6O3S. The molecule has 11 heteroatoms. The number of benzene rings is 1. The van der Waals surface area contributed by atoms with E-state index in [0.717, 1.165) is 11.1 Å².